The van der Waals surface area contributed by atoms with Crippen LogP contribution in [0.25, 0.3) is 0 Å². The minimum absolute atomic E-state index is 0.0228. The number of sulfone groups is 1. The van der Waals surface area contributed by atoms with Crippen LogP contribution in [0.5, 0.6) is 0 Å². The summed E-state index contributed by atoms with van der Waals surface area (Å²) in [6.45, 7) is 1.82. The van der Waals surface area contributed by atoms with E-state index in [2.05, 4.69) is 10.6 Å². The van der Waals surface area contributed by atoms with Gasteiger partial charge in [-0.05, 0) is 0 Å². The summed E-state index contributed by atoms with van der Waals surface area (Å²) in [6, 6.07) is 1.77. The summed E-state index contributed by atoms with van der Waals surface area (Å²) in [5.41, 5.74) is 0. The summed E-state index contributed by atoms with van der Waals surface area (Å²) in [6.07, 6.45) is 0. The number of nitrogens with one attached hydrogen (secondary N) is 2. The van der Waals surface area contributed by atoms with Gasteiger partial charge in [0.25, 0.3) is 0 Å². The molecule has 0 saturated heterocycles. The average Bonchev–Trinajstić information content (AvgIpc) is 2.21. The van der Waals surface area contributed by atoms with E-state index >= 15 is 0 Å². The van der Waals surface area contributed by atoms with E-state index in [1.807, 2.05) is 0 Å². The molecule has 15 heavy (non-hydrogen) atoms. The molecule has 2 N–H and O–H groups in total. The van der Waals surface area contributed by atoms with Crippen LogP contribution in [-0.4, -0.2) is 45.5 Å². The number of carbonyl (C=O) groups is 1. The number of hydrogen-bond donors (Lipinski definition) is 2. The molecule has 0 aliphatic carbocycles. The maximum atomic E-state index is 11.0. The molecule has 0 aromatic carbocycles. The van der Waals surface area contributed by atoms with Crippen LogP contribution in [0.2, 0.25) is 0 Å². The van der Waals surface area contributed by atoms with Crippen molar-refractivity contribution in [3.05, 3.63) is 0 Å². The number of amides is 1. The Bertz CT molecular complexity index is 332. The minimum atomic E-state index is -2.98. The summed E-state index contributed by atoms with van der Waals surface area (Å²) < 4.78 is 22.1. The van der Waals surface area contributed by atoms with Crippen LogP contribution in [-0.2, 0) is 14.6 Å². The first-order chi connectivity index (χ1) is 7.02. The lowest BCUT2D eigenvalue weighted by Crippen LogP contribution is -2.36. The molecule has 0 rings (SSSR count). The largest absolute Gasteiger partial charge is 0.342 e. The van der Waals surface area contributed by atoms with E-state index in [1.165, 1.54) is 0 Å². The Morgan fingerprint density at radius 3 is 2.67 bits per heavy atom. The predicted octanol–water partition coefficient (Wildman–Crippen LogP) is -1.35. The number of rotatable bonds is 7. The number of nitriles is 1. The maximum absolute atomic E-state index is 11.0. The van der Waals surface area contributed by atoms with Crippen molar-refractivity contribution in [1.82, 2.24) is 10.6 Å². The first kappa shape index (κ1) is 13.9. The zero-order valence-electron chi connectivity index (χ0n) is 8.62. The molecule has 0 heterocycles. The average molecular weight is 233 g/mol. The second-order valence-corrected chi connectivity index (χ2v) is 5.32. The molecule has 6 nitrogen and oxygen atoms in total. The number of hydrogen-bond acceptors (Lipinski definition) is 5. The summed E-state index contributed by atoms with van der Waals surface area (Å²) in [4.78, 5) is 10.9. The molecule has 0 bridgehead atoms. The SMILES string of the molecule is CCS(=O)(=O)CCNCC(=O)NCC#N. The molecule has 0 atom stereocenters. The van der Waals surface area contributed by atoms with Gasteiger partial charge in [0.1, 0.15) is 6.54 Å². The third-order valence-electron chi connectivity index (χ3n) is 1.68. The fourth-order valence-corrected chi connectivity index (χ4v) is 1.52. The van der Waals surface area contributed by atoms with E-state index in [1.54, 1.807) is 13.0 Å². The molecule has 7 heteroatoms. The smallest absolute Gasteiger partial charge is 0.234 e. The van der Waals surface area contributed by atoms with Gasteiger partial charge in [0, 0.05) is 12.3 Å². The van der Waals surface area contributed by atoms with Crippen LogP contribution >= 0.6 is 0 Å². The quantitative estimate of drug-likeness (QED) is 0.418. The third kappa shape index (κ3) is 7.90. The van der Waals surface area contributed by atoms with E-state index in [-0.39, 0.29) is 37.0 Å². The molecule has 0 aromatic heterocycles. The molecular weight excluding hydrogens is 218 g/mol. The van der Waals surface area contributed by atoms with Crippen molar-refractivity contribution in [3.8, 4) is 6.07 Å². The van der Waals surface area contributed by atoms with Crippen LogP contribution < -0.4 is 10.6 Å². The number of carbonyl (C=O) groups excluding carboxylic acids is 1. The highest BCUT2D eigenvalue weighted by Gasteiger charge is 2.06. The zero-order chi connectivity index (χ0) is 11.7. The van der Waals surface area contributed by atoms with Gasteiger partial charge in [-0.2, -0.15) is 5.26 Å². The van der Waals surface area contributed by atoms with Gasteiger partial charge in [-0.25, -0.2) is 8.42 Å². The van der Waals surface area contributed by atoms with E-state index in [0.717, 1.165) is 0 Å². The maximum Gasteiger partial charge on any atom is 0.234 e. The number of nitrogens with zero attached hydrogens (tertiary/aromatic N) is 1. The topological polar surface area (TPSA) is 99.1 Å². The molecule has 0 aromatic rings. The lowest BCUT2D eigenvalue weighted by atomic mass is 10.5. The summed E-state index contributed by atoms with van der Waals surface area (Å²) in [7, 11) is -2.98. The zero-order valence-corrected chi connectivity index (χ0v) is 9.43. The van der Waals surface area contributed by atoms with Crippen LogP contribution in [0.4, 0.5) is 0 Å². The van der Waals surface area contributed by atoms with Crippen molar-refractivity contribution >= 4 is 15.7 Å². The van der Waals surface area contributed by atoms with Crippen LogP contribution in [0.15, 0.2) is 0 Å². The fraction of sp³-hybridized carbons (Fsp3) is 0.750. The first-order valence-electron chi connectivity index (χ1n) is 4.56. The van der Waals surface area contributed by atoms with E-state index in [9.17, 15) is 13.2 Å². The highest BCUT2D eigenvalue weighted by molar-refractivity contribution is 7.91. The molecule has 0 aliphatic heterocycles. The van der Waals surface area contributed by atoms with Crippen molar-refractivity contribution in [1.29, 1.82) is 5.26 Å². The highest BCUT2D eigenvalue weighted by atomic mass is 32.2. The van der Waals surface area contributed by atoms with Crippen LogP contribution in [0, 0.1) is 11.3 Å². The molecule has 0 saturated carbocycles. The summed E-state index contributed by atoms with van der Waals surface area (Å²) >= 11 is 0. The molecule has 86 valence electrons. The van der Waals surface area contributed by atoms with E-state index in [4.69, 9.17) is 5.26 Å². The standard InChI is InChI=1S/C8H15N3O3S/c1-2-15(13,14)6-5-10-7-8(12)11-4-3-9/h10H,2,4-7H2,1H3,(H,11,12). The normalized spacial score (nSPS) is 10.7. The van der Waals surface area contributed by atoms with E-state index in [0.29, 0.717) is 0 Å². The van der Waals surface area contributed by atoms with Crippen molar-refractivity contribution in [2.75, 3.05) is 31.1 Å². The first-order valence-corrected chi connectivity index (χ1v) is 6.38. The Balaban J connectivity index is 3.56. The second kappa shape index (κ2) is 7.20. The van der Waals surface area contributed by atoms with Crippen LogP contribution in [0.1, 0.15) is 6.92 Å². The molecule has 0 unspecified atom stereocenters. The molecule has 1 amide bonds. The summed E-state index contributed by atoms with van der Waals surface area (Å²) in [5, 5.41) is 13.2. The lowest BCUT2D eigenvalue weighted by molar-refractivity contribution is -0.119. The highest BCUT2D eigenvalue weighted by Crippen LogP contribution is 1.86. The van der Waals surface area contributed by atoms with Crippen molar-refractivity contribution < 1.29 is 13.2 Å². The van der Waals surface area contributed by atoms with Gasteiger partial charge in [0.15, 0.2) is 9.84 Å². The molecular formula is C8H15N3O3S. The Morgan fingerprint density at radius 2 is 2.13 bits per heavy atom. The van der Waals surface area contributed by atoms with E-state index < -0.39 is 9.84 Å². The van der Waals surface area contributed by atoms with Crippen molar-refractivity contribution in [2.45, 2.75) is 6.92 Å². The van der Waals surface area contributed by atoms with Gasteiger partial charge in [0.05, 0.1) is 18.4 Å². The molecule has 0 aliphatic rings. The van der Waals surface area contributed by atoms with Gasteiger partial charge in [-0.3, -0.25) is 4.79 Å². The van der Waals surface area contributed by atoms with Gasteiger partial charge >= 0.3 is 0 Å². The Kier molecular flexibility index (Phi) is 6.66. The molecule has 0 radical (unpaired) electrons. The Hall–Kier alpha value is -1.13. The van der Waals surface area contributed by atoms with Gasteiger partial charge in [-0.15, -0.1) is 0 Å². The summed E-state index contributed by atoms with van der Waals surface area (Å²) in [5.74, 6) is -0.185. The van der Waals surface area contributed by atoms with Gasteiger partial charge < -0.3 is 10.6 Å². The fourth-order valence-electron chi connectivity index (χ4n) is 0.775. The van der Waals surface area contributed by atoms with Crippen molar-refractivity contribution in [3.63, 3.8) is 0 Å². The minimum Gasteiger partial charge on any atom is -0.342 e. The second-order valence-electron chi connectivity index (χ2n) is 2.85. The van der Waals surface area contributed by atoms with Gasteiger partial charge in [0.2, 0.25) is 5.91 Å². The Morgan fingerprint density at radius 1 is 1.47 bits per heavy atom. The monoisotopic (exact) mass is 233 g/mol. The lowest BCUT2D eigenvalue weighted by Gasteiger charge is -2.04. The molecule has 0 spiro atoms. The Labute approximate surface area is 89.6 Å². The van der Waals surface area contributed by atoms with Crippen molar-refractivity contribution in [2.24, 2.45) is 0 Å². The van der Waals surface area contributed by atoms with Crippen LogP contribution in [0.3, 0.4) is 0 Å². The van der Waals surface area contributed by atoms with Gasteiger partial charge in [-0.1, -0.05) is 6.92 Å². The molecule has 0 fully saturated rings. The third-order valence-corrected chi connectivity index (χ3v) is 3.39. The predicted molar refractivity (Wildman–Crippen MR) is 55.8 cm³/mol.